The number of carbonyl (C=O) groups excluding carboxylic acids is 1. The highest BCUT2D eigenvalue weighted by Crippen LogP contribution is 2.27. The Labute approximate surface area is 154 Å². The molecule has 0 aliphatic heterocycles. The topological polar surface area (TPSA) is 75.7 Å². The first-order valence-electron chi connectivity index (χ1n) is 8.33. The first-order valence-corrected chi connectivity index (χ1v) is 9.77. The van der Waals surface area contributed by atoms with Gasteiger partial charge in [-0.3, -0.25) is 9.10 Å². The summed E-state index contributed by atoms with van der Waals surface area (Å²) in [5.41, 5.74) is 1.65. The molecule has 0 atom stereocenters. The monoisotopic (exact) mass is 376 g/mol. The van der Waals surface area contributed by atoms with Crippen molar-refractivity contribution in [2.45, 2.75) is 25.2 Å². The summed E-state index contributed by atoms with van der Waals surface area (Å²) >= 11 is 0. The molecule has 0 fully saturated rings. The highest BCUT2D eigenvalue weighted by Gasteiger charge is 2.23. The van der Waals surface area contributed by atoms with Crippen molar-refractivity contribution in [1.82, 2.24) is 5.32 Å². The molecule has 0 saturated carbocycles. The van der Waals surface area contributed by atoms with Crippen molar-refractivity contribution < 1.29 is 17.9 Å². The largest absolute Gasteiger partial charge is 0.497 e. The third-order valence-electron chi connectivity index (χ3n) is 4.06. The summed E-state index contributed by atoms with van der Waals surface area (Å²) in [6, 6.07) is 11.2. The van der Waals surface area contributed by atoms with Crippen LogP contribution in [-0.4, -0.2) is 35.0 Å². The lowest BCUT2D eigenvalue weighted by Crippen LogP contribution is -2.28. The second-order valence-corrected chi connectivity index (χ2v) is 7.87. The van der Waals surface area contributed by atoms with E-state index in [9.17, 15) is 13.2 Å². The lowest BCUT2D eigenvalue weighted by atomic mass is 10.1. The van der Waals surface area contributed by atoms with E-state index in [0.717, 1.165) is 12.0 Å². The number of nitrogens with zero attached hydrogens (tertiary/aromatic N) is 1. The maximum absolute atomic E-state index is 12.9. The molecule has 0 spiro atoms. The number of anilines is 1. The Morgan fingerprint density at radius 3 is 2.38 bits per heavy atom. The highest BCUT2D eigenvalue weighted by molar-refractivity contribution is 7.92. The van der Waals surface area contributed by atoms with Gasteiger partial charge < -0.3 is 10.1 Å². The predicted octanol–water partition coefficient (Wildman–Crippen LogP) is 2.97. The van der Waals surface area contributed by atoms with E-state index in [1.807, 2.05) is 13.8 Å². The number of ether oxygens (including phenoxy) is 1. The number of amides is 1. The molecule has 2 aromatic rings. The molecule has 0 aliphatic rings. The second kappa shape index (κ2) is 8.23. The summed E-state index contributed by atoms with van der Waals surface area (Å²) in [7, 11) is -0.749. The van der Waals surface area contributed by atoms with Crippen LogP contribution in [-0.2, 0) is 10.0 Å². The number of benzene rings is 2. The average Bonchev–Trinajstić information content (AvgIpc) is 2.65. The number of rotatable bonds is 7. The quantitative estimate of drug-likeness (QED) is 0.806. The lowest BCUT2D eigenvalue weighted by molar-refractivity contribution is 0.0953. The van der Waals surface area contributed by atoms with Crippen molar-refractivity contribution in [1.29, 1.82) is 0 Å². The van der Waals surface area contributed by atoms with E-state index in [0.29, 0.717) is 23.5 Å². The summed E-state index contributed by atoms with van der Waals surface area (Å²) in [4.78, 5) is 12.3. The van der Waals surface area contributed by atoms with Crippen LogP contribution in [0, 0.1) is 6.92 Å². The fraction of sp³-hybridized carbons (Fsp3) is 0.316. The number of aryl methyl sites for hydroxylation is 1. The van der Waals surface area contributed by atoms with Crippen molar-refractivity contribution >= 4 is 21.6 Å². The Hall–Kier alpha value is -2.54. The van der Waals surface area contributed by atoms with E-state index in [2.05, 4.69) is 5.32 Å². The molecule has 0 heterocycles. The lowest BCUT2D eigenvalue weighted by Gasteiger charge is -2.22. The maximum Gasteiger partial charge on any atom is 0.264 e. The molecule has 140 valence electrons. The van der Waals surface area contributed by atoms with Crippen LogP contribution < -0.4 is 14.4 Å². The number of methoxy groups -OCH3 is 1. The Morgan fingerprint density at radius 2 is 1.81 bits per heavy atom. The van der Waals surface area contributed by atoms with Gasteiger partial charge in [-0.25, -0.2) is 8.42 Å². The summed E-state index contributed by atoms with van der Waals surface area (Å²) in [5, 5.41) is 2.80. The Morgan fingerprint density at radius 1 is 1.15 bits per heavy atom. The highest BCUT2D eigenvalue weighted by atomic mass is 32.2. The van der Waals surface area contributed by atoms with Crippen molar-refractivity contribution in [3.8, 4) is 5.75 Å². The molecule has 0 bridgehead atoms. The minimum absolute atomic E-state index is 0.154. The number of hydrogen-bond acceptors (Lipinski definition) is 4. The van der Waals surface area contributed by atoms with Crippen molar-refractivity contribution in [3.05, 3.63) is 53.6 Å². The Bertz CT molecular complexity index is 877. The van der Waals surface area contributed by atoms with E-state index in [1.165, 1.54) is 30.6 Å². The second-order valence-electron chi connectivity index (χ2n) is 5.91. The summed E-state index contributed by atoms with van der Waals surface area (Å²) in [6.45, 7) is 4.35. The first-order chi connectivity index (χ1) is 12.3. The van der Waals surface area contributed by atoms with Crippen LogP contribution in [0.15, 0.2) is 47.4 Å². The van der Waals surface area contributed by atoms with Crippen molar-refractivity contribution in [3.63, 3.8) is 0 Å². The van der Waals surface area contributed by atoms with Gasteiger partial charge in [-0.15, -0.1) is 0 Å². The number of carbonyl (C=O) groups is 1. The molecule has 26 heavy (non-hydrogen) atoms. The van der Waals surface area contributed by atoms with Gasteiger partial charge in [0.1, 0.15) is 5.75 Å². The molecular formula is C19H24N2O4S. The molecule has 1 amide bonds. The number of nitrogens with one attached hydrogen (secondary N) is 1. The van der Waals surface area contributed by atoms with Crippen LogP contribution in [0.3, 0.4) is 0 Å². The van der Waals surface area contributed by atoms with Crippen LogP contribution in [0.4, 0.5) is 5.69 Å². The molecule has 0 saturated heterocycles. The van der Waals surface area contributed by atoms with E-state index in [1.54, 1.807) is 30.3 Å². The molecule has 2 rings (SSSR count). The summed E-state index contributed by atoms with van der Waals surface area (Å²) in [6.07, 6.45) is 0.830. The SMILES string of the molecule is CCCNC(=O)c1ccc(C)c(N(C)S(=O)(=O)c2ccc(OC)cc2)c1. The predicted molar refractivity (Wildman–Crippen MR) is 102 cm³/mol. The number of hydrogen-bond donors (Lipinski definition) is 1. The molecule has 1 N–H and O–H groups in total. The summed E-state index contributed by atoms with van der Waals surface area (Å²) < 4.78 is 32.1. The Kier molecular flexibility index (Phi) is 6.26. The fourth-order valence-corrected chi connectivity index (χ4v) is 3.72. The standard InChI is InChI=1S/C19H24N2O4S/c1-5-12-20-19(22)15-7-6-14(2)18(13-15)21(3)26(23,24)17-10-8-16(25-4)9-11-17/h6-11,13H,5,12H2,1-4H3,(H,20,22). The molecule has 0 aromatic heterocycles. The number of sulfonamides is 1. The van der Waals surface area contributed by atoms with Gasteiger partial charge in [-0.2, -0.15) is 0 Å². The van der Waals surface area contributed by atoms with E-state index in [4.69, 9.17) is 4.74 Å². The van der Waals surface area contributed by atoms with Gasteiger partial charge in [-0.1, -0.05) is 13.0 Å². The third-order valence-corrected chi connectivity index (χ3v) is 5.85. The minimum atomic E-state index is -3.75. The zero-order valence-electron chi connectivity index (χ0n) is 15.4. The van der Waals surface area contributed by atoms with Gasteiger partial charge in [0.25, 0.3) is 15.9 Å². The molecule has 0 aliphatic carbocycles. The van der Waals surface area contributed by atoms with E-state index >= 15 is 0 Å². The first kappa shape index (κ1) is 19.8. The molecule has 7 heteroatoms. The van der Waals surface area contributed by atoms with Crippen LogP contribution in [0.2, 0.25) is 0 Å². The molecule has 0 unspecified atom stereocenters. The van der Waals surface area contributed by atoms with Crippen molar-refractivity contribution in [2.75, 3.05) is 25.0 Å². The van der Waals surface area contributed by atoms with Crippen molar-refractivity contribution in [2.24, 2.45) is 0 Å². The zero-order chi connectivity index (χ0) is 19.3. The van der Waals surface area contributed by atoms with Gasteiger partial charge in [-0.05, 0) is 55.3 Å². The molecule has 6 nitrogen and oxygen atoms in total. The van der Waals surface area contributed by atoms with Gasteiger partial charge in [0.2, 0.25) is 0 Å². The van der Waals surface area contributed by atoms with Crippen LogP contribution in [0.1, 0.15) is 29.3 Å². The maximum atomic E-state index is 12.9. The smallest absolute Gasteiger partial charge is 0.264 e. The van der Waals surface area contributed by atoms with E-state index < -0.39 is 10.0 Å². The molecular weight excluding hydrogens is 352 g/mol. The zero-order valence-corrected chi connectivity index (χ0v) is 16.3. The van der Waals surface area contributed by atoms with E-state index in [-0.39, 0.29) is 10.8 Å². The van der Waals surface area contributed by atoms with Crippen LogP contribution in [0.5, 0.6) is 5.75 Å². The van der Waals surface area contributed by atoms with Gasteiger partial charge in [0.05, 0.1) is 17.7 Å². The normalized spacial score (nSPS) is 11.1. The van der Waals surface area contributed by atoms with Gasteiger partial charge in [0.15, 0.2) is 0 Å². The fourth-order valence-electron chi connectivity index (χ4n) is 2.47. The third kappa shape index (κ3) is 4.16. The minimum Gasteiger partial charge on any atom is -0.497 e. The average molecular weight is 376 g/mol. The van der Waals surface area contributed by atoms with Crippen LogP contribution >= 0.6 is 0 Å². The molecule has 2 aromatic carbocycles. The Balaban J connectivity index is 2.37. The van der Waals surface area contributed by atoms with Gasteiger partial charge in [0, 0.05) is 19.2 Å². The van der Waals surface area contributed by atoms with Crippen LogP contribution in [0.25, 0.3) is 0 Å². The summed E-state index contributed by atoms with van der Waals surface area (Å²) in [5.74, 6) is 0.362. The van der Waals surface area contributed by atoms with Gasteiger partial charge >= 0.3 is 0 Å². The molecule has 0 radical (unpaired) electrons.